The molecule has 1 fully saturated rings. The largest absolute Gasteiger partial charge is 0.353 e. The van der Waals surface area contributed by atoms with Crippen molar-refractivity contribution in [2.24, 2.45) is 5.92 Å². The first-order valence-electron chi connectivity index (χ1n) is 12.1. The van der Waals surface area contributed by atoms with E-state index >= 15 is 0 Å². The third kappa shape index (κ3) is 4.27. The summed E-state index contributed by atoms with van der Waals surface area (Å²) in [5.74, 6) is 3.12. The Bertz CT molecular complexity index is 1090. The van der Waals surface area contributed by atoms with Crippen LogP contribution in [-0.4, -0.2) is 41.0 Å². The summed E-state index contributed by atoms with van der Waals surface area (Å²) >= 11 is 1.91. The molecule has 0 unspecified atom stereocenters. The van der Waals surface area contributed by atoms with Crippen LogP contribution in [0.5, 0.6) is 0 Å². The first-order chi connectivity index (χ1) is 15.5. The second-order valence-electron chi connectivity index (χ2n) is 9.64. The lowest BCUT2D eigenvalue weighted by Gasteiger charge is -2.36. The predicted molar refractivity (Wildman–Crippen MR) is 131 cm³/mol. The van der Waals surface area contributed by atoms with Gasteiger partial charge in [0.25, 0.3) is 0 Å². The lowest BCUT2D eigenvalue weighted by Crippen LogP contribution is -2.46. The van der Waals surface area contributed by atoms with Gasteiger partial charge in [-0.05, 0) is 54.9 Å². The minimum absolute atomic E-state index is 0.169. The molecule has 2 atom stereocenters. The molecule has 1 saturated heterocycles. The molecule has 3 aromatic rings. The lowest BCUT2D eigenvalue weighted by molar-refractivity contribution is 0.249. The van der Waals surface area contributed by atoms with E-state index in [2.05, 4.69) is 30.6 Å². The molecular formula is C26H33FN4S. The van der Waals surface area contributed by atoms with Crippen molar-refractivity contribution in [1.29, 1.82) is 0 Å². The predicted octanol–water partition coefficient (Wildman–Crippen LogP) is 5.79. The summed E-state index contributed by atoms with van der Waals surface area (Å²) in [7, 11) is 0. The van der Waals surface area contributed by atoms with Crippen molar-refractivity contribution in [2.45, 2.75) is 58.9 Å². The molecule has 0 spiro atoms. The summed E-state index contributed by atoms with van der Waals surface area (Å²) in [6.45, 7) is 11.6. The van der Waals surface area contributed by atoms with Crippen molar-refractivity contribution in [1.82, 2.24) is 14.9 Å². The summed E-state index contributed by atoms with van der Waals surface area (Å²) < 4.78 is 13.2. The Balaban J connectivity index is 1.42. The van der Waals surface area contributed by atoms with Crippen LogP contribution >= 0.6 is 11.3 Å². The normalized spacial score (nSPS) is 20.5. The topological polar surface area (TPSA) is 32.3 Å². The number of anilines is 1. The van der Waals surface area contributed by atoms with Gasteiger partial charge in [0.2, 0.25) is 0 Å². The number of hydrogen-bond donors (Lipinski definition) is 0. The fraction of sp³-hybridized carbons (Fsp3) is 0.538. The molecule has 0 N–H and O–H groups in total. The Morgan fingerprint density at radius 2 is 1.88 bits per heavy atom. The maximum atomic E-state index is 13.2. The fourth-order valence-corrected chi connectivity index (χ4v) is 6.32. The number of halogens is 1. The SMILES string of the molecule is CC[C@H](C)c1nc(N2CCN(Cc3ccc(F)cc3)CC2)c2c3c(sc2n1)C[C@H](C)CC3. The van der Waals surface area contributed by atoms with Crippen LogP contribution in [0.3, 0.4) is 0 Å². The van der Waals surface area contributed by atoms with Crippen LogP contribution in [0.2, 0.25) is 0 Å². The van der Waals surface area contributed by atoms with Crippen LogP contribution in [0.1, 0.15) is 61.4 Å². The lowest BCUT2D eigenvalue weighted by atomic mass is 9.89. The quantitative estimate of drug-likeness (QED) is 0.490. The number of aryl methyl sites for hydroxylation is 1. The summed E-state index contributed by atoms with van der Waals surface area (Å²) in [5, 5.41) is 1.33. The number of fused-ring (bicyclic) bond motifs is 3. The van der Waals surface area contributed by atoms with Gasteiger partial charge >= 0.3 is 0 Å². The third-order valence-corrected chi connectivity index (χ3v) is 8.35. The van der Waals surface area contributed by atoms with E-state index in [9.17, 15) is 4.39 Å². The second-order valence-corrected chi connectivity index (χ2v) is 10.7. The molecule has 0 bridgehead atoms. The first-order valence-corrected chi connectivity index (χ1v) is 12.9. The minimum atomic E-state index is -0.169. The number of nitrogens with zero attached hydrogens (tertiary/aromatic N) is 4. The zero-order valence-electron chi connectivity index (χ0n) is 19.4. The zero-order valence-corrected chi connectivity index (χ0v) is 20.2. The highest BCUT2D eigenvalue weighted by molar-refractivity contribution is 7.19. The standard InChI is InChI=1S/C26H33FN4S/c1-4-18(3)24-28-25(23-21-10-5-17(2)15-22(21)32-26(23)29-24)31-13-11-30(12-14-31)16-19-6-8-20(27)9-7-19/h6-9,17-18H,4-5,10-16H2,1-3H3/t17-,18+/m1/s1. The Kier molecular flexibility index (Phi) is 6.17. The monoisotopic (exact) mass is 452 g/mol. The van der Waals surface area contributed by atoms with E-state index in [1.165, 1.54) is 44.9 Å². The van der Waals surface area contributed by atoms with E-state index in [-0.39, 0.29) is 5.82 Å². The van der Waals surface area contributed by atoms with Gasteiger partial charge in [-0.3, -0.25) is 4.90 Å². The Labute approximate surface area is 194 Å². The van der Waals surface area contributed by atoms with Crippen molar-refractivity contribution in [2.75, 3.05) is 31.1 Å². The van der Waals surface area contributed by atoms with E-state index in [0.717, 1.165) is 57.3 Å². The molecule has 6 heteroatoms. The molecule has 170 valence electrons. The second kappa shape index (κ2) is 9.06. The van der Waals surface area contributed by atoms with E-state index < -0.39 is 0 Å². The Hall–Kier alpha value is -2.05. The van der Waals surface area contributed by atoms with Gasteiger partial charge in [0.05, 0.1) is 5.39 Å². The van der Waals surface area contributed by atoms with Crippen LogP contribution in [0.25, 0.3) is 10.2 Å². The van der Waals surface area contributed by atoms with E-state index in [1.54, 1.807) is 12.1 Å². The highest BCUT2D eigenvalue weighted by Gasteiger charge is 2.28. The Morgan fingerprint density at radius 3 is 2.59 bits per heavy atom. The van der Waals surface area contributed by atoms with Crippen LogP contribution < -0.4 is 4.90 Å². The van der Waals surface area contributed by atoms with Crippen LogP contribution in [0.15, 0.2) is 24.3 Å². The summed E-state index contributed by atoms with van der Waals surface area (Å²) in [5.41, 5.74) is 2.69. The maximum Gasteiger partial charge on any atom is 0.141 e. The highest BCUT2D eigenvalue weighted by Crippen LogP contribution is 2.41. The Morgan fingerprint density at radius 1 is 1.12 bits per heavy atom. The highest BCUT2D eigenvalue weighted by atomic mass is 32.1. The van der Waals surface area contributed by atoms with Gasteiger partial charge in [0.15, 0.2) is 0 Å². The van der Waals surface area contributed by atoms with Gasteiger partial charge in [-0.2, -0.15) is 0 Å². The smallest absolute Gasteiger partial charge is 0.141 e. The summed E-state index contributed by atoms with van der Waals surface area (Å²) in [6, 6.07) is 6.90. The maximum absolute atomic E-state index is 13.2. The van der Waals surface area contributed by atoms with Gasteiger partial charge in [-0.15, -0.1) is 11.3 Å². The minimum Gasteiger partial charge on any atom is -0.353 e. The summed E-state index contributed by atoms with van der Waals surface area (Å²) in [6.07, 6.45) is 4.65. The average Bonchev–Trinajstić information content (AvgIpc) is 3.17. The van der Waals surface area contributed by atoms with E-state index in [0.29, 0.717) is 5.92 Å². The van der Waals surface area contributed by atoms with Gasteiger partial charge in [0.1, 0.15) is 22.3 Å². The number of thiophene rings is 1. The first kappa shape index (κ1) is 21.8. The molecule has 3 heterocycles. The number of piperazine rings is 1. The molecule has 0 saturated carbocycles. The van der Waals surface area contributed by atoms with Crippen LogP contribution in [0.4, 0.5) is 10.2 Å². The van der Waals surface area contributed by atoms with E-state index in [4.69, 9.17) is 9.97 Å². The number of aromatic nitrogens is 2. The fourth-order valence-electron chi connectivity index (χ4n) is 4.94. The molecule has 1 aliphatic carbocycles. The molecule has 1 aromatic carbocycles. The van der Waals surface area contributed by atoms with Gasteiger partial charge in [-0.25, -0.2) is 14.4 Å². The van der Waals surface area contributed by atoms with Gasteiger partial charge < -0.3 is 4.90 Å². The van der Waals surface area contributed by atoms with Crippen molar-refractivity contribution in [3.63, 3.8) is 0 Å². The van der Waals surface area contributed by atoms with Crippen LogP contribution in [0, 0.1) is 11.7 Å². The summed E-state index contributed by atoms with van der Waals surface area (Å²) in [4.78, 5) is 17.9. The molecule has 0 amide bonds. The van der Waals surface area contributed by atoms with Gasteiger partial charge in [0, 0.05) is 43.5 Å². The van der Waals surface area contributed by atoms with Crippen molar-refractivity contribution in [3.8, 4) is 0 Å². The third-order valence-electron chi connectivity index (χ3n) is 7.20. The molecular weight excluding hydrogens is 419 g/mol. The average molecular weight is 453 g/mol. The number of rotatable bonds is 5. The van der Waals surface area contributed by atoms with Crippen molar-refractivity contribution in [3.05, 3.63) is 51.9 Å². The molecule has 2 aliphatic rings. The molecule has 2 aromatic heterocycles. The van der Waals surface area contributed by atoms with Crippen molar-refractivity contribution >= 4 is 27.4 Å². The number of benzene rings is 1. The molecule has 0 radical (unpaired) electrons. The molecule has 5 rings (SSSR count). The van der Waals surface area contributed by atoms with Gasteiger partial charge in [-0.1, -0.05) is 32.9 Å². The van der Waals surface area contributed by atoms with E-state index in [1.807, 2.05) is 23.5 Å². The molecule has 32 heavy (non-hydrogen) atoms. The zero-order chi connectivity index (χ0) is 22.2. The molecule has 1 aliphatic heterocycles. The van der Waals surface area contributed by atoms with Crippen molar-refractivity contribution < 1.29 is 4.39 Å². The molecule has 4 nitrogen and oxygen atoms in total. The van der Waals surface area contributed by atoms with Crippen LogP contribution in [-0.2, 0) is 19.4 Å². The number of hydrogen-bond acceptors (Lipinski definition) is 5.